The van der Waals surface area contributed by atoms with E-state index >= 15 is 0 Å². The van der Waals surface area contributed by atoms with Gasteiger partial charge in [0.1, 0.15) is 0 Å². The third-order valence-corrected chi connectivity index (χ3v) is 2.99. The number of hydrogen-bond acceptors (Lipinski definition) is 2. The van der Waals surface area contributed by atoms with Gasteiger partial charge in [-0.2, -0.15) is 0 Å². The van der Waals surface area contributed by atoms with Crippen molar-refractivity contribution in [3.63, 3.8) is 0 Å². The van der Waals surface area contributed by atoms with Crippen molar-refractivity contribution in [2.75, 3.05) is 7.11 Å². The Labute approximate surface area is 104 Å². The molecule has 0 saturated carbocycles. The number of methoxy groups -OCH3 is 1. The maximum absolute atomic E-state index is 5.14. The monoisotopic (exact) mass is 273 g/mol. The van der Waals surface area contributed by atoms with Gasteiger partial charge in [0.2, 0.25) is 0 Å². The Balaban J connectivity index is 2.42. The number of pyridine rings is 1. The van der Waals surface area contributed by atoms with Crippen LogP contribution in [-0.2, 0) is 0 Å². The fourth-order valence-corrected chi connectivity index (χ4v) is 2.09. The van der Waals surface area contributed by atoms with Gasteiger partial charge in [0.05, 0.1) is 0 Å². The van der Waals surface area contributed by atoms with Crippen LogP contribution in [0.3, 0.4) is 0 Å². The summed E-state index contributed by atoms with van der Waals surface area (Å²) in [6, 6.07) is 12.1. The van der Waals surface area contributed by atoms with Gasteiger partial charge in [0, 0.05) is 0 Å². The predicted molar refractivity (Wildman–Crippen MR) is 66.4 cm³/mol. The van der Waals surface area contributed by atoms with Crippen LogP contribution < -0.4 is 9.22 Å². The molecular formula is C13H12AsNO. The molecule has 2 nitrogen and oxygen atoms in total. The molecule has 0 spiro atoms. The maximum atomic E-state index is 5.14. The Morgan fingerprint density at radius 1 is 1.06 bits per heavy atom. The van der Waals surface area contributed by atoms with Gasteiger partial charge in [-0.05, 0) is 0 Å². The van der Waals surface area contributed by atoms with Crippen molar-refractivity contribution in [1.82, 2.24) is 4.98 Å². The average molecular weight is 273 g/mol. The summed E-state index contributed by atoms with van der Waals surface area (Å²) >= 11 is 2.46. The van der Waals surface area contributed by atoms with E-state index in [-0.39, 0.29) is 0 Å². The van der Waals surface area contributed by atoms with Gasteiger partial charge in [0.25, 0.3) is 0 Å². The fourth-order valence-electron chi connectivity index (χ4n) is 1.62. The van der Waals surface area contributed by atoms with E-state index in [1.54, 1.807) is 7.11 Å². The Morgan fingerprint density at radius 2 is 1.75 bits per heavy atom. The summed E-state index contributed by atoms with van der Waals surface area (Å²) in [6.45, 7) is 2.02. The van der Waals surface area contributed by atoms with Crippen molar-refractivity contribution < 1.29 is 4.74 Å². The van der Waals surface area contributed by atoms with Crippen molar-refractivity contribution >= 4 is 21.3 Å². The molecule has 0 aliphatic carbocycles. The molecule has 0 unspecified atom stereocenters. The second kappa shape index (κ2) is 4.71. The fraction of sp³-hybridized carbons (Fsp3) is 0.154. The normalized spacial score (nSPS) is 10.2. The summed E-state index contributed by atoms with van der Waals surface area (Å²) in [6.07, 6.45) is 0. The quantitative estimate of drug-likeness (QED) is 0.779. The number of nitrogens with zero attached hydrogens (tertiary/aromatic N) is 1. The summed E-state index contributed by atoms with van der Waals surface area (Å²) < 4.78 is 6.12. The Bertz CT molecular complexity index is 494. The first kappa shape index (κ1) is 11.2. The minimum absolute atomic E-state index is 0.873. The molecule has 16 heavy (non-hydrogen) atoms. The molecule has 0 fully saturated rings. The first-order valence-corrected chi connectivity index (χ1v) is 5.95. The molecule has 2 rings (SSSR count). The number of hydrogen-bond donors (Lipinski definition) is 0. The molecule has 0 aliphatic heterocycles. The second-order valence-corrected chi connectivity index (χ2v) is 4.49. The minimum atomic E-state index is 0.873. The first-order valence-electron chi connectivity index (χ1n) is 5.02. The number of aryl methyl sites for hydroxylation is 1. The molecule has 0 bridgehead atoms. The van der Waals surface area contributed by atoms with Crippen LogP contribution in [-0.4, -0.2) is 28.9 Å². The molecule has 0 N–H and O–H groups in total. The molecule has 80 valence electrons. The van der Waals surface area contributed by atoms with Gasteiger partial charge in [-0.1, -0.05) is 0 Å². The molecule has 0 saturated heterocycles. The molecule has 1 heterocycles. The summed E-state index contributed by atoms with van der Waals surface area (Å²) in [5.74, 6) is 0.873. The van der Waals surface area contributed by atoms with E-state index in [1.165, 1.54) is 5.56 Å². The van der Waals surface area contributed by atoms with Crippen LogP contribution in [0.2, 0.25) is 0 Å². The van der Waals surface area contributed by atoms with Crippen molar-refractivity contribution in [3.8, 4) is 16.9 Å². The van der Waals surface area contributed by atoms with Crippen LogP contribution in [0.5, 0.6) is 5.75 Å². The number of aromatic nitrogens is 1. The van der Waals surface area contributed by atoms with Crippen LogP contribution in [0.25, 0.3) is 11.1 Å². The molecule has 1 aromatic heterocycles. The summed E-state index contributed by atoms with van der Waals surface area (Å²) in [5.41, 5.74) is 3.37. The molecule has 0 atom stereocenters. The number of benzene rings is 1. The van der Waals surface area contributed by atoms with Crippen LogP contribution in [0.4, 0.5) is 0 Å². The van der Waals surface area contributed by atoms with Crippen molar-refractivity contribution in [2.45, 2.75) is 6.92 Å². The van der Waals surface area contributed by atoms with Gasteiger partial charge < -0.3 is 0 Å². The Hall–Kier alpha value is -1.27. The molecule has 1 aromatic carbocycles. The third-order valence-electron chi connectivity index (χ3n) is 2.47. The van der Waals surface area contributed by atoms with Gasteiger partial charge in [0.15, 0.2) is 0 Å². The summed E-state index contributed by atoms with van der Waals surface area (Å²) in [7, 11) is 1.67. The van der Waals surface area contributed by atoms with E-state index in [4.69, 9.17) is 4.74 Å². The predicted octanol–water partition coefficient (Wildman–Crippen LogP) is 1.86. The van der Waals surface area contributed by atoms with Crippen LogP contribution in [0.1, 0.15) is 5.69 Å². The van der Waals surface area contributed by atoms with Gasteiger partial charge in [-0.15, -0.1) is 0 Å². The SMILES string of the molecule is COc1ccc(-c2ccc([As])nc2C)cc1. The Kier molecular flexibility index (Phi) is 3.30. The van der Waals surface area contributed by atoms with Gasteiger partial charge in [-0.3, -0.25) is 0 Å². The number of ether oxygens (including phenoxy) is 1. The topological polar surface area (TPSA) is 22.1 Å². The van der Waals surface area contributed by atoms with Gasteiger partial charge >= 0.3 is 104 Å². The molecule has 3 heteroatoms. The molecular weight excluding hydrogens is 261 g/mol. The zero-order valence-corrected chi connectivity index (χ0v) is 11.1. The molecule has 2 radical (unpaired) electrons. The number of rotatable bonds is 2. The summed E-state index contributed by atoms with van der Waals surface area (Å²) in [5, 5.41) is 0. The third kappa shape index (κ3) is 2.28. The van der Waals surface area contributed by atoms with E-state index in [2.05, 4.69) is 27.9 Å². The van der Waals surface area contributed by atoms with Crippen molar-refractivity contribution in [2.24, 2.45) is 0 Å². The molecule has 2 aromatic rings. The molecule has 0 aliphatic rings. The van der Waals surface area contributed by atoms with Crippen molar-refractivity contribution in [3.05, 3.63) is 42.1 Å². The second-order valence-electron chi connectivity index (χ2n) is 3.53. The first-order chi connectivity index (χ1) is 7.70. The van der Waals surface area contributed by atoms with E-state index in [1.807, 2.05) is 37.3 Å². The average Bonchev–Trinajstić information content (AvgIpc) is 2.29. The van der Waals surface area contributed by atoms with E-state index in [0.717, 1.165) is 21.5 Å². The van der Waals surface area contributed by atoms with Crippen LogP contribution >= 0.6 is 0 Å². The van der Waals surface area contributed by atoms with Gasteiger partial charge in [-0.25, -0.2) is 0 Å². The molecule has 0 amide bonds. The summed E-state index contributed by atoms with van der Waals surface area (Å²) in [4.78, 5) is 4.43. The zero-order chi connectivity index (χ0) is 11.5. The van der Waals surface area contributed by atoms with E-state index in [0.29, 0.717) is 0 Å². The van der Waals surface area contributed by atoms with E-state index < -0.39 is 0 Å². The zero-order valence-electron chi connectivity index (χ0n) is 9.27. The Morgan fingerprint density at radius 3 is 2.31 bits per heavy atom. The van der Waals surface area contributed by atoms with Crippen LogP contribution in [0.15, 0.2) is 36.4 Å². The standard InChI is InChI=1S/C13H12AsNO/c1-9-12(7-8-13(14)15-9)10-3-5-11(16-2)6-4-10/h3-8H,1-2H3. The van der Waals surface area contributed by atoms with Crippen molar-refractivity contribution in [1.29, 1.82) is 0 Å². The van der Waals surface area contributed by atoms with Crippen LogP contribution in [0, 0.1) is 6.92 Å². The van der Waals surface area contributed by atoms with E-state index in [9.17, 15) is 0 Å².